The molecule has 0 aromatic heterocycles. The lowest BCUT2D eigenvalue weighted by molar-refractivity contribution is 0.0361. The molecule has 1 heterocycles. The van der Waals surface area contributed by atoms with Crippen molar-refractivity contribution in [2.75, 3.05) is 19.6 Å². The summed E-state index contributed by atoms with van der Waals surface area (Å²) in [6.45, 7) is 20.3. The van der Waals surface area contributed by atoms with Crippen molar-refractivity contribution >= 4 is 0 Å². The molecular formula is C17H36N2. The summed E-state index contributed by atoms with van der Waals surface area (Å²) >= 11 is 0. The van der Waals surface area contributed by atoms with E-state index in [9.17, 15) is 0 Å². The molecule has 0 bridgehead atoms. The number of piperidine rings is 1. The first-order valence-corrected chi connectivity index (χ1v) is 8.25. The summed E-state index contributed by atoms with van der Waals surface area (Å²) in [4.78, 5) is 2.73. The average Bonchev–Trinajstić information content (AvgIpc) is 2.31. The highest BCUT2D eigenvalue weighted by Gasteiger charge is 2.34. The molecular weight excluding hydrogens is 232 g/mol. The zero-order valence-electron chi connectivity index (χ0n) is 14.3. The van der Waals surface area contributed by atoms with Gasteiger partial charge in [0.15, 0.2) is 0 Å². The van der Waals surface area contributed by atoms with Gasteiger partial charge in [0.25, 0.3) is 0 Å². The van der Waals surface area contributed by atoms with Crippen LogP contribution in [0.2, 0.25) is 0 Å². The summed E-state index contributed by atoms with van der Waals surface area (Å²) < 4.78 is 0. The Morgan fingerprint density at radius 1 is 1.26 bits per heavy atom. The second kappa shape index (κ2) is 7.08. The zero-order chi connectivity index (χ0) is 14.6. The molecule has 0 aliphatic carbocycles. The second-order valence-electron chi connectivity index (χ2n) is 7.65. The van der Waals surface area contributed by atoms with E-state index in [1.165, 1.54) is 25.9 Å². The van der Waals surface area contributed by atoms with Gasteiger partial charge in [0, 0.05) is 25.2 Å². The van der Waals surface area contributed by atoms with Crippen LogP contribution in [0, 0.1) is 17.3 Å². The number of nitrogens with zero attached hydrogens (tertiary/aromatic N) is 1. The Kier molecular flexibility index (Phi) is 6.32. The van der Waals surface area contributed by atoms with Crippen LogP contribution in [0.3, 0.4) is 0 Å². The molecule has 1 saturated heterocycles. The monoisotopic (exact) mass is 268 g/mol. The van der Waals surface area contributed by atoms with Gasteiger partial charge in [0.2, 0.25) is 0 Å². The molecule has 2 heteroatoms. The molecule has 0 aromatic carbocycles. The van der Waals surface area contributed by atoms with Gasteiger partial charge in [-0.3, -0.25) is 4.90 Å². The van der Waals surface area contributed by atoms with Crippen LogP contribution in [0.1, 0.15) is 61.3 Å². The van der Waals surface area contributed by atoms with Gasteiger partial charge in [-0.2, -0.15) is 0 Å². The topological polar surface area (TPSA) is 15.3 Å². The van der Waals surface area contributed by atoms with Gasteiger partial charge in [-0.1, -0.05) is 34.6 Å². The maximum Gasteiger partial charge on any atom is 0.0102 e. The molecule has 1 N–H and O–H groups in total. The first-order chi connectivity index (χ1) is 8.77. The molecule has 1 aliphatic rings. The van der Waals surface area contributed by atoms with E-state index >= 15 is 0 Å². The highest BCUT2D eigenvalue weighted by Crippen LogP contribution is 2.31. The Hall–Kier alpha value is -0.0800. The van der Waals surface area contributed by atoms with Crippen LogP contribution in [0.4, 0.5) is 0 Å². The van der Waals surface area contributed by atoms with E-state index in [0.717, 1.165) is 24.4 Å². The Balaban J connectivity index is 2.60. The van der Waals surface area contributed by atoms with E-state index < -0.39 is 0 Å². The SMILES string of the molecule is CCCNC(C)C(C)(C)CN1CC(C)CC(C)C1C. The number of likely N-dealkylation sites (tertiary alicyclic amines) is 1. The molecule has 1 fully saturated rings. The van der Waals surface area contributed by atoms with E-state index in [4.69, 9.17) is 0 Å². The molecule has 19 heavy (non-hydrogen) atoms. The Bertz CT molecular complexity index is 262. The third kappa shape index (κ3) is 4.75. The van der Waals surface area contributed by atoms with Crippen LogP contribution >= 0.6 is 0 Å². The molecule has 4 unspecified atom stereocenters. The molecule has 1 aliphatic heterocycles. The molecule has 1 rings (SSSR count). The molecule has 4 atom stereocenters. The van der Waals surface area contributed by atoms with Crippen molar-refractivity contribution in [2.45, 2.75) is 73.4 Å². The summed E-state index contributed by atoms with van der Waals surface area (Å²) in [6, 6.07) is 1.31. The minimum absolute atomic E-state index is 0.334. The van der Waals surface area contributed by atoms with Crippen molar-refractivity contribution in [1.82, 2.24) is 10.2 Å². The van der Waals surface area contributed by atoms with Gasteiger partial charge in [0.05, 0.1) is 0 Å². The van der Waals surface area contributed by atoms with Crippen LogP contribution in [0.5, 0.6) is 0 Å². The maximum absolute atomic E-state index is 3.67. The number of nitrogens with one attached hydrogen (secondary N) is 1. The number of hydrogen-bond donors (Lipinski definition) is 1. The quantitative estimate of drug-likeness (QED) is 0.789. The average molecular weight is 268 g/mol. The van der Waals surface area contributed by atoms with Crippen molar-refractivity contribution in [3.8, 4) is 0 Å². The molecule has 0 spiro atoms. The molecule has 0 amide bonds. The van der Waals surface area contributed by atoms with Gasteiger partial charge < -0.3 is 5.32 Å². The van der Waals surface area contributed by atoms with Crippen molar-refractivity contribution in [2.24, 2.45) is 17.3 Å². The fourth-order valence-electron chi connectivity index (χ4n) is 3.34. The number of rotatable bonds is 6. The van der Waals surface area contributed by atoms with Crippen LogP contribution < -0.4 is 5.32 Å². The third-order valence-corrected chi connectivity index (χ3v) is 5.20. The third-order valence-electron chi connectivity index (χ3n) is 5.20. The van der Waals surface area contributed by atoms with E-state index in [1.807, 2.05) is 0 Å². The molecule has 2 nitrogen and oxygen atoms in total. The van der Waals surface area contributed by atoms with Crippen LogP contribution in [-0.4, -0.2) is 36.6 Å². The second-order valence-corrected chi connectivity index (χ2v) is 7.65. The van der Waals surface area contributed by atoms with E-state index in [2.05, 4.69) is 58.7 Å². The summed E-state index contributed by atoms with van der Waals surface area (Å²) in [7, 11) is 0. The summed E-state index contributed by atoms with van der Waals surface area (Å²) in [5.74, 6) is 1.68. The van der Waals surface area contributed by atoms with Crippen LogP contribution in [-0.2, 0) is 0 Å². The van der Waals surface area contributed by atoms with Crippen molar-refractivity contribution < 1.29 is 0 Å². The smallest absolute Gasteiger partial charge is 0.0102 e. The highest BCUT2D eigenvalue weighted by atomic mass is 15.2. The number of hydrogen-bond acceptors (Lipinski definition) is 2. The standard InChI is InChI=1S/C17H36N2/c1-8-9-18-16(5)17(6,7)12-19-11-13(2)10-14(3)15(19)4/h13-16,18H,8-12H2,1-7H3. The molecule has 0 saturated carbocycles. The fraction of sp³-hybridized carbons (Fsp3) is 1.00. The minimum atomic E-state index is 0.334. The van der Waals surface area contributed by atoms with Crippen molar-refractivity contribution in [1.29, 1.82) is 0 Å². The lowest BCUT2D eigenvalue weighted by Crippen LogP contribution is -2.53. The lowest BCUT2D eigenvalue weighted by Gasteiger charge is -2.46. The van der Waals surface area contributed by atoms with Gasteiger partial charge in [-0.05, 0) is 50.5 Å². The highest BCUT2D eigenvalue weighted by molar-refractivity contribution is 4.89. The van der Waals surface area contributed by atoms with Gasteiger partial charge in [0.1, 0.15) is 0 Å². The molecule has 114 valence electrons. The molecule has 0 radical (unpaired) electrons. The van der Waals surface area contributed by atoms with Crippen molar-refractivity contribution in [3.63, 3.8) is 0 Å². The largest absolute Gasteiger partial charge is 0.314 e. The zero-order valence-corrected chi connectivity index (χ0v) is 14.3. The van der Waals surface area contributed by atoms with Crippen LogP contribution in [0.25, 0.3) is 0 Å². The normalized spacial score (nSPS) is 31.4. The summed E-state index contributed by atoms with van der Waals surface area (Å²) in [6.07, 6.45) is 2.61. The predicted octanol–water partition coefficient (Wildman–Crippen LogP) is 3.77. The van der Waals surface area contributed by atoms with Gasteiger partial charge in [-0.25, -0.2) is 0 Å². The fourth-order valence-corrected chi connectivity index (χ4v) is 3.34. The minimum Gasteiger partial charge on any atom is -0.314 e. The van der Waals surface area contributed by atoms with Gasteiger partial charge in [-0.15, -0.1) is 0 Å². The van der Waals surface area contributed by atoms with E-state index in [1.54, 1.807) is 0 Å². The van der Waals surface area contributed by atoms with Crippen LogP contribution in [0.15, 0.2) is 0 Å². The van der Waals surface area contributed by atoms with Crippen molar-refractivity contribution in [3.05, 3.63) is 0 Å². The Labute approximate surface area is 121 Å². The van der Waals surface area contributed by atoms with Gasteiger partial charge >= 0.3 is 0 Å². The molecule has 0 aromatic rings. The maximum atomic E-state index is 3.67. The summed E-state index contributed by atoms with van der Waals surface area (Å²) in [5.41, 5.74) is 0.334. The first kappa shape index (κ1) is 17.0. The first-order valence-electron chi connectivity index (χ1n) is 8.25. The summed E-state index contributed by atoms with van der Waals surface area (Å²) in [5, 5.41) is 3.67. The Morgan fingerprint density at radius 3 is 2.47 bits per heavy atom. The van der Waals surface area contributed by atoms with E-state index in [0.29, 0.717) is 11.5 Å². The van der Waals surface area contributed by atoms with E-state index in [-0.39, 0.29) is 0 Å². The predicted molar refractivity (Wildman–Crippen MR) is 85.5 cm³/mol. The Morgan fingerprint density at radius 2 is 1.89 bits per heavy atom. The lowest BCUT2D eigenvalue weighted by atomic mass is 9.80.